The van der Waals surface area contributed by atoms with Crippen molar-refractivity contribution in [1.29, 1.82) is 0 Å². The predicted molar refractivity (Wildman–Crippen MR) is 84.4 cm³/mol. The van der Waals surface area contributed by atoms with E-state index in [4.69, 9.17) is 10.5 Å². The summed E-state index contributed by atoms with van der Waals surface area (Å²) < 4.78 is 5.72. The van der Waals surface area contributed by atoms with Gasteiger partial charge >= 0.3 is 5.97 Å². The number of anilines is 3. The second-order valence-electron chi connectivity index (χ2n) is 4.30. The maximum Gasteiger partial charge on any atom is 0.340 e. The van der Waals surface area contributed by atoms with Crippen LogP contribution in [-0.4, -0.2) is 13.1 Å². The van der Waals surface area contributed by atoms with Crippen molar-refractivity contribution in [3.05, 3.63) is 52.0 Å². The number of para-hydroxylation sites is 1. The van der Waals surface area contributed by atoms with Crippen LogP contribution in [0.5, 0.6) is 0 Å². The fraction of sp³-hybridized carbons (Fsp3) is 0.133. The molecule has 4 nitrogen and oxygen atoms in total. The topological polar surface area (TPSA) is 64.3 Å². The summed E-state index contributed by atoms with van der Waals surface area (Å²) in [5.74, 6) is -0.447. The number of halogens is 1. The van der Waals surface area contributed by atoms with Crippen LogP contribution in [0.25, 0.3) is 0 Å². The summed E-state index contributed by atoms with van der Waals surface area (Å²) in [5.41, 5.74) is 9.41. The Morgan fingerprint density at radius 1 is 1.20 bits per heavy atom. The van der Waals surface area contributed by atoms with E-state index in [0.717, 1.165) is 15.7 Å². The van der Waals surface area contributed by atoms with E-state index in [1.165, 1.54) is 7.11 Å². The van der Waals surface area contributed by atoms with E-state index in [-0.39, 0.29) is 0 Å². The molecule has 2 aromatic rings. The molecule has 3 N–H and O–H groups in total. The second-order valence-corrected chi connectivity index (χ2v) is 5.15. The zero-order valence-electron chi connectivity index (χ0n) is 11.2. The molecule has 0 saturated carbocycles. The van der Waals surface area contributed by atoms with E-state index in [1.54, 1.807) is 12.1 Å². The smallest absolute Gasteiger partial charge is 0.340 e. The number of hydrogen-bond acceptors (Lipinski definition) is 4. The molecule has 0 atom stereocenters. The number of benzene rings is 2. The Bertz CT molecular complexity index is 656. The number of rotatable bonds is 3. The van der Waals surface area contributed by atoms with Gasteiger partial charge in [-0.3, -0.25) is 0 Å². The van der Waals surface area contributed by atoms with E-state index >= 15 is 0 Å². The van der Waals surface area contributed by atoms with Gasteiger partial charge < -0.3 is 15.8 Å². The SMILES string of the molecule is COC(=O)c1cccc(Nc2cccc(Br)c2C)c1N. The zero-order valence-corrected chi connectivity index (χ0v) is 12.8. The average molecular weight is 335 g/mol. The first-order valence-electron chi connectivity index (χ1n) is 6.03. The Kier molecular flexibility index (Phi) is 4.29. The van der Waals surface area contributed by atoms with Crippen LogP contribution in [0.2, 0.25) is 0 Å². The lowest BCUT2D eigenvalue weighted by molar-refractivity contribution is 0.0602. The third-order valence-corrected chi connectivity index (χ3v) is 3.91. The quantitative estimate of drug-likeness (QED) is 0.660. The van der Waals surface area contributed by atoms with Crippen LogP contribution >= 0.6 is 15.9 Å². The van der Waals surface area contributed by atoms with Gasteiger partial charge in [-0.25, -0.2) is 4.79 Å². The van der Waals surface area contributed by atoms with Gasteiger partial charge in [-0.05, 0) is 36.8 Å². The molecule has 0 aliphatic rings. The molecule has 0 amide bonds. The molecule has 2 aromatic carbocycles. The number of hydrogen-bond donors (Lipinski definition) is 2. The number of methoxy groups -OCH3 is 1. The van der Waals surface area contributed by atoms with Gasteiger partial charge in [0.05, 0.1) is 24.0 Å². The highest BCUT2D eigenvalue weighted by Gasteiger charge is 2.13. The number of esters is 1. The Morgan fingerprint density at radius 2 is 1.85 bits per heavy atom. The molecule has 0 bridgehead atoms. The maximum absolute atomic E-state index is 11.6. The van der Waals surface area contributed by atoms with Gasteiger partial charge in [0.1, 0.15) is 0 Å². The van der Waals surface area contributed by atoms with Gasteiger partial charge in [0.25, 0.3) is 0 Å². The molecule has 0 aromatic heterocycles. The summed E-state index contributed by atoms with van der Waals surface area (Å²) in [4.78, 5) is 11.6. The largest absolute Gasteiger partial charge is 0.465 e. The Morgan fingerprint density at radius 3 is 2.55 bits per heavy atom. The van der Waals surface area contributed by atoms with Gasteiger partial charge in [-0.2, -0.15) is 0 Å². The van der Waals surface area contributed by atoms with Crippen LogP contribution in [0.3, 0.4) is 0 Å². The van der Waals surface area contributed by atoms with Crippen LogP contribution in [0.15, 0.2) is 40.9 Å². The minimum atomic E-state index is -0.447. The lowest BCUT2D eigenvalue weighted by Crippen LogP contribution is -2.08. The molecule has 0 spiro atoms. The normalized spacial score (nSPS) is 10.2. The fourth-order valence-corrected chi connectivity index (χ4v) is 2.22. The van der Waals surface area contributed by atoms with Gasteiger partial charge in [0, 0.05) is 10.2 Å². The summed E-state index contributed by atoms with van der Waals surface area (Å²) in [5, 5.41) is 3.24. The molecule has 0 unspecified atom stereocenters. The van der Waals surface area contributed by atoms with E-state index in [1.807, 2.05) is 31.2 Å². The summed E-state index contributed by atoms with van der Waals surface area (Å²) in [6.07, 6.45) is 0. The maximum atomic E-state index is 11.6. The Labute approximate surface area is 126 Å². The first kappa shape index (κ1) is 14.4. The molecular formula is C15H15BrN2O2. The minimum absolute atomic E-state index is 0.352. The minimum Gasteiger partial charge on any atom is -0.465 e. The molecule has 0 radical (unpaired) electrons. The number of nitrogen functional groups attached to an aromatic ring is 1. The van der Waals surface area contributed by atoms with Crippen molar-refractivity contribution in [3.8, 4) is 0 Å². The Balaban J connectivity index is 2.39. The molecule has 20 heavy (non-hydrogen) atoms. The van der Waals surface area contributed by atoms with Crippen LogP contribution in [0.1, 0.15) is 15.9 Å². The van der Waals surface area contributed by atoms with Gasteiger partial charge in [-0.1, -0.05) is 28.1 Å². The number of carbonyl (C=O) groups excluding carboxylic acids is 1. The third kappa shape index (κ3) is 2.77. The highest BCUT2D eigenvalue weighted by Crippen LogP contribution is 2.30. The highest BCUT2D eigenvalue weighted by molar-refractivity contribution is 9.10. The van der Waals surface area contributed by atoms with E-state index in [2.05, 4.69) is 21.2 Å². The van der Waals surface area contributed by atoms with Crippen LogP contribution < -0.4 is 11.1 Å². The molecule has 0 heterocycles. The Hall–Kier alpha value is -2.01. The number of nitrogens with one attached hydrogen (secondary N) is 1. The molecule has 0 aliphatic heterocycles. The number of carbonyl (C=O) groups is 1. The van der Waals surface area contributed by atoms with E-state index in [9.17, 15) is 4.79 Å². The molecule has 0 saturated heterocycles. The highest BCUT2D eigenvalue weighted by atomic mass is 79.9. The van der Waals surface area contributed by atoms with Crippen molar-refractivity contribution in [1.82, 2.24) is 0 Å². The summed E-state index contributed by atoms with van der Waals surface area (Å²) in [6, 6.07) is 11.1. The van der Waals surface area contributed by atoms with Gasteiger partial charge in [0.15, 0.2) is 0 Å². The first-order chi connectivity index (χ1) is 9.54. The van der Waals surface area contributed by atoms with Gasteiger partial charge in [-0.15, -0.1) is 0 Å². The van der Waals surface area contributed by atoms with Crippen molar-refractivity contribution < 1.29 is 9.53 Å². The van der Waals surface area contributed by atoms with E-state index < -0.39 is 5.97 Å². The zero-order chi connectivity index (χ0) is 14.7. The summed E-state index contributed by atoms with van der Waals surface area (Å²) in [6.45, 7) is 1.99. The van der Waals surface area contributed by atoms with Crippen LogP contribution in [0, 0.1) is 6.92 Å². The summed E-state index contributed by atoms with van der Waals surface area (Å²) >= 11 is 3.48. The van der Waals surface area contributed by atoms with Gasteiger partial charge in [0.2, 0.25) is 0 Å². The molecule has 104 valence electrons. The van der Waals surface area contributed by atoms with Crippen molar-refractivity contribution >= 4 is 39.0 Å². The molecule has 0 fully saturated rings. The molecule has 2 rings (SSSR count). The molecular weight excluding hydrogens is 320 g/mol. The number of nitrogens with two attached hydrogens (primary N) is 1. The predicted octanol–water partition coefficient (Wildman–Crippen LogP) is 3.87. The summed E-state index contributed by atoms with van der Waals surface area (Å²) in [7, 11) is 1.33. The van der Waals surface area contributed by atoms with E-state index in [0.29, 0.717) is 16.9 Å². The first-order valence-corrected chi connectivity index (χ1v) is 6.83. The van der Waals surface area contributed by atoms with Crippen molar-refractivity contribution in [2.75, 3.05) is 18.2 Å². The van der Waals surface area contributed by atoms with Crippen LogP contribution in [0.4, 0.5) is 17.1 Å². The molecule has 5 heteroatoms. The fourth-order valence-electron chi connectivity index (χ4n) is 1.85. The van der Waals surface area contributed by atoms with Crippen molar-refractivity contribution in [2.45, 2.75) is 6.92 Å². The standard InChI is InChI=1S/C15H15BrN2O2/c1-9-11(16)6-4-7-12(9)18-13-8-3-5-10(14(13)17)15(19)20-2/h3-8,18H,17H2,1-2H3. The lowest BCUT2D eigenvalue weighted by atomic mass is 10.1. The molecule has 0 aliphatic carbocycles. The number of ether oxygens (including phenoxy) is 1. The van der Waals surface area contributed by atoms with Crippen LogP contribution in [-0.2, 0) is 4.74 Å². The lowest BCUT2D eigenvalue weighted by Gasteiger charge is -2.14. The third-order valence-electron chi connectivity index (χ3n) is 3.05. The monoisotopic (exact) mass is 334 g/mol. The second kappa shape index (κ2) is 5.96. The van der Waals surface area contributed by atoms with Crippen molar-refractivity contribution in [3.63, 3.8) is 0 Å². The average Bonchev–Trinajstić information content (AvgIpc) is 2.45. The van der Waals surface area contributed by atoms with Crippen molar-refractivity contribution in [2.24, 2.45) is 0 Å².